The number of carbonyl (C=O) groups excluding carboxylic acids is 1. The predicted octanol–water partition coefficient (Wildman–Crippen LogP) is 0.992. The van der Waals surface area contributed by atoms with Crippen LogP contribution in [0.15, 0.2) is 0 Å². The van der Waals surface area contributed by atoms with Crippen molar-refractivity contribution in [2.45, 2.75) is 45.1 Å². The molecular formula is C14H24N2O3. The van der Waals surface area contributed by atoms with Crippen LogP contribution in [0.25, 0.3) is 0 Å². The first kappa shape index (κ1) is 14.3. The number of nitrogens with one attached hydrogen (secondary N) is 2. The summed E-state index contributed by atoms with van der Waals surface area (Å²) >= 11 is 0. The van der Waals surface area contributed by atoms with Gasteiger partial charge in [-0.15, -0.1) is 0 Å². The van der Waals surface area contributed by atoms with Crippen LogP contribution in [0.1, 0.15) is 39.0 Å². The molecule has 0 radical (unpaired) electrons. The molecule has 0 bridgehead atoms. The lowest BCUT2D eigenvalue weighted by atomic mass is 9.93. The zero-order valence-corrected chi connectivity index (χ0v) is 11.5. The molecule has 0 aromatic carbocycles. The first-order valence-electron chi connectivity index (χ1n) is 7.31. The van der Waals surface area contributed by atoms with Crippen LogP contribution in [0, 0.1) is 17.8 Å². The Bertz CT molecular complexity index is 346. The van der Waals surface area contributed by atoms with E-state index < -0.39 is 5.97 Å². The summed E-state index contributed by atoms with van der Waals surface area (Å²) in [5.41, 5.74) is 0. The first-order valence-corrected chi connectivity index (χ1v) is 7.31. The summed E-state index contributed by atoms with van der Waals surface area (Å²) < 4.78 is 0. The molecule has 0 spiro atoms. The second-order valence-electron chi connectivity index (χ2n) is 6.02. The highest BCUT2D eigenvalue weighted by Gasteiger charge is 2.42. The van der Waals surface area contributed by atoms with E-state index in [1.165, 1.54) is 12.8 Å². The maximum Gasteiger partial charge on any atom is 0.303 e. The van der Waals surface area contributed by atoms with E-state index >= 15 is 0 Å². The number of rotatable bonds is 6. The van der Waals surface area contributed by atoms with Crippen molar-refractivity contribution in [2.24, 2.45) is 17.8 Å². The largest absolute Gasteiger partial charge is 0.481 e. The molecule has 3 N–H and O–H groups in total. The summed E-state index contributed by atoms with van der Waals surface area (Å²) in [6, 6.07) is -0.0285. The van der Waals surface area contributed by atoms with Crippen LogP contribution in [-0.2, 0) is 9.59 Å². The Kier molecular flexibility index (Phi) is 4.80. The van der Waals surface area contributed by atoms with Crippen molar-refractivity contribution < 1.29 is 14.7 Å². The number of fused-ring (bicyclic) bond motifs is 1. The molecule has 19 heavy (non-hydrogen) atoms. The van der Waals surface area contributed by atoms with Gasteiger partial charge in [0, 0.05) is 13.0 Å². The van der Waals surface area contributed by atoms with Crippen molar-refractivity contribution in [2.75, 3.05) is 13.1 Å². The molecule has 1 saturated carbocycles. The summed E-state index contributed by atoms with van der Waals surface area (Å²) in [4.78, 5) is 22.6. The molecule has 4 unspecified atom stereocenters. The number of hydrogen-bond acceptors (Lipinski definition) is 3. The molecule has 5 nitrogen and oxygen atoms in total. The van der Waals surface area contributed by atoms with Gasteiger partial charge >= 0.3 is 5.97 Å². The molecule has 4 atom stereocenters. The van der Waals surface area contributed by atoms with E-state index in [1.807, 2.05) is 6.92 Å². The van der Waals surface area contributed by atoms with Gasteiger partial charge in [-0.3, -0.25) is 9.59 Å². The zero-order chi connectivity index (χ0) is 13.8. The third-order valence-corrected chi connectivity index (χ3v) is 4.50. The van der Waals surface area contributed by atoms with E-state index in [0.29, 0.717) is 24.8 Å². The van der Waals surface area contributed by atoms with Crippen LogP contribution in [0.2, 0.25) is 0 Å². The molecule has 1 aliphatic heterocycles. The van der Waals surface area contributed by atoms with Gasteiger partial charge in [-0.2, -0.15) is 0 Å². The van der Waals surface area contributed by atoms with Crippen LogP contribution >= 0.6 is 0 Å². The second-order valence-corrected chi connectivity index (χ2v) is 6.02. The van der Waals surface area contributed by atoms with Gasteiger partial charge in [-0.25, -0.2) is 0 Å². The molecular weight excluding hydrogens is 244 g/mol. The minimum absolute atomic E-state index is 0.0285. The van der Waals surface area contributed by atoms with Crippen LogP contribution in [0.3, 0.4) is 0 Å². The fourth-order valence-corrected chi connectivity index (χ4v) is 3.33. The number of hydrogen-bond donors (Lipinski definition) is 3. The lowest BCUT2D eigenvalue weighted by Gasteiger charge is -2.19. The van der Waals surface area contributed by atoms with E-state index in [-0.39, 0.29) is 24.3 Å². The summed E-state index contributed by atoms with van der Waals surface area (Å²) in [7, 11) is 0. The Morgan fingerprint density at radius 1 is 1.42 bits per heavy atom. The van der Waals surface area contributed by atoms with Gasteiger partial charge in [-0.05, 0) is 43.6 Å². The number of carboxylic acids is 1. The van der Waals surface area contributed by atoms with E-state index in [4.69, 9.17) is 5.11 Å². The van der Waals surface area contributed by atoms with Gasteiger partial charge in [0.25, 0.3) is 0 Å². The van der Waals surface area contributed by atoms with Gasteiger partial charge in [0.2, 0.25) is 5.91 Å². The van der Waals surface area contributed by atoms with E-state index in [1.54, 1.807) is 0 Å². The number of amides is 1. The topological polar surface area (TPSA) is 78.4 Å². The first-order chi connectivity index (χ1) is 9.08. The Labute approximate surface area is 114 Å². The number of aliphatic carboxylic acids is 1. The second kappa shape index (κ2) is 6.37. The van der Waals surface area contributed by atoms with Crippen LogP contribution < -0.4 is 10.6 Å². The van der Waals surface area contributed by atoms with E-state index in [2.05, 4.69) is 10.6 Å². The van der Waals surface area contributed by atoms with Crippen molar-refractivity contribution in [1.82, 2.24) is 10.6 Å². The van der Waals surface area contributed by atoms with Crippen molar-refractivity contribution in [3.8, 4) is 0 Å². The summed E-state index contributed by atoms with van der Waals surface area (Å²) in [5, 5.41) is 14.9. The number of carboxylic acid groups (broad SMARTS) is 1. The van der Waals surface area contributed by atoms with Gasteiger partial charge in [-0.1, -0.05) is 13.3 Å². The summed E-state index contributed by atoms with van der Waals surface area (Å²) in [5.74, 6) is 0.719. The normalized spacial score (nSPS) is 30.9. The van der Waals surface area contributed by atoms with E-state index in [0.717, 1.165) is 13.0 Å². The van der Waals surface area contributed by atoms with Gasteiger partial charge in [0.1, 0.15) is 0 Å². The van der Waals surface area contributed by atoms with Gasteiger partial charge < -0.3 is 15.7 Å². The molecule has 2 fully saturated rings. The zero-order valence-electron chi connectivity index (χ0n) is 11.5. The molecule has 1 heterocycles. The minimum Gasteiger partial charge on any atom is -0.481 e. The standard InChI is InChI=1S/C14H24N2O3/c1-9(5-6-12(17)18)7-16-14(19)13-11-4-2-3-10(11)8-15-13/h9-11,13,15H,2-8H2,1H3,(H,16,19)(H,17,18). The fraction of sp³-hybridized carbons (Fsp3) is 0.857. The quantitative estimate of drug-likeness (QED) is 0.671. The smallest absolute Gasteiger partial charge is 0.303 e. The molecule has 0 aromatic heterocycles. The maximum absolute atomic E-state index is 12.1. The Morgan fingerprint density at radius 2 is 2.21 bits per heavy atom. The molecule has 1 aliphatic carbocycles. The molecule has 108 valence electrons. The minimum atomic E-state index is -0.774. The van der Waals surface area contributed by atoms with Crippen LogP contribution in [-0.4, -0.2) is 36.1 Å². The molecule has 5 heteroatoms. The lowest BCUT2D eigenvalue weighted by Crippen LogP contribution is -2.45. The third kappa shape index (κ3) is 3.69. The Morgan fingerprint density at radius 3 is 2.95 bits per heavy atom. The number of carbonyl (C=O) groups is 2. The lowest BCUT2D eigenvalue weighted by molar-refractivity contribution is -0.137. The monoisotopic (exact) mass is 268 g/mol. The Balaban J connectivity index is 1.71. The van der Waals surface area contributed by atoms with E-state index in [9.17, 15) is 9.59 Å². The Hall–Kier alpha value is -1.10. The summed E-state index contributed by atoms with van der Waals surface area (Å²) in [6.07, 6.45) is 4.43. The predicted molar refractivity (Wildman–Crippen MR) is 71.7 cm³/mol. The van der Waals surface area contributed by atoms with Crippen molar-refractivity contribution in [1.29, 1.82) is 0 Å². The van der Waals surface area contributed by atoms with Crippen LogP contribution in [0.4, 0.5) is 0 Å². The van der Waals surface area contributed by atoms with Crippen molar-refractivity contribution in [3.05, 3.63) is 0 Å². The molecule has 2 rings (SSSR count). The molecule has 1 amide bonds. The summed E-state index contributed by atoms with van der Waals surface area (Å²) in [6.45, 7) is 3.52. The van der Waals surface area contributed by atoms with Crippen LogP contribution in [0.5, 0.6) is 0 Å². The SMILES string of the molecule is CC(CCC(=O)O)CNC(=O)C1NCC2CCCC21. The highest BCUT2D eigenvalue weighted by Crippen LogP contribution is 2.37. The molecule has 0 aromatic rings. The highest BCUT2D eigenvalue weighted by molar-refractivity contribution is 5.82. The maximum atomic E-state index is 12.1. The molecule has 2 aliphatic rings. The van der Waals surface area contributed by atoms with Gasteiger partial charge in [0.05, 0.1) is 6.04 Å². The van der Waals surface area contributed by atoms with Crippen molar-refractivity contribution >= 4 is 11.9 Å². The van der Waals surface area contributed by atoms with Crippen molar-refractivity contribution in [3.63, 3.8) is 0 Å². The average molecular weight is 268 g/mol. The third-order valence-electron chi connectivity index (χ3n) is 4.50. The average Bonchev–Trinajstić information content (AvgIpc) is 2.95. The van der Waals surface area contributed by atoms with Gasteiger partial charge in [0.15, 0.2) is 0 Å². The highest BCUT2D eigenvalue weighted by atomic mass is 16.4. The molecule has 1 saturated heterocycles. The fourth-order valence-electron chi connectivity index (χ4n) is 3.33.